The lowest BCUT2D eigenvalue weighted by Gasteiger charge is -2.32. The van der Waals surface area contributed by atoms with E-state index >= 15 is 0 Å². The fourth-order valence-corrected chi connectivity index (χ4v) is 7.18. The third kappa shape index (κ3) is 4.62. The summed E-state index contributed by atoms with van der Waals surface area (Å²) in [4.78, 5) is 26.2. The second-order valence-electron chi connectivity index (χ2n) is 7.51. The Morgan fingerprint density at radius 3 is 2.54 bits per heavy atom. The van der Waals surface area contributed by atoms with Gasteiger partial charge in [0.15, 0.2) is 9.84 Å². The van der Waals surface area contributed by atoms with Gasteiger partial charge < -0.3 is 9.42 Å². The summed E-state index contributed by atoms with van der Waals surface area (Å²) in [5, 5.41) is 2.73. The van der Waals surface area contributed by atoms with E-state index in [0.29, 0.717) is 44.5 Å². The fraction of sp³-hybridized carbons (Fsp3) is 0.706. The Labute approximate surface area is 164 Å². The molecule has 2 amide bonds. The molecule has 0 aliphatic carbocycles. The van der Waals surface area contributed by atoms with E-state index in [-0.39, 0.29) is 29.1 Å². The van der Waals surface area contributed by atoms with Gasteiger partial charge in [-0.3, -0.25) is 9.59 Å². The predicted octanol–water partition coefficient (Wildman–Crippen LogP) is 1.18. The maximum atomic E-state index is 12.9. The first-order valence-electron chi connectivity index (χ1n) is 9.26. The fourth-order valence-electron chi connectivity index (χ4n) is 3.70. The minimum Gasteiger partial charge on any atom is -0.351 e. The van der Waals surface area contributed by atoms with E-state index in [1.807, 2.05) is 0 Å². The number of hydrogen-bond donors (Lipinski definition) is 0. The van der Waals surface area contributed by atoms with Crippen molar-refractivity contribution in [3.05, 3.63) is 17.5 Å². The number of likely N-dealkylation sites (tertiary alicyclic amines) is 1. The van der Waals surface area contributed by atoms with Gasteiger partial charge in [0.2, 0.25) is 11.7 Å². The van der Waals surface area contributed by atoms with Crippen molar-refractivity contribution in [2.75, 3.05) is 25.1 Å². The summed E-state index contributed by atoms with van der Waals surface area (Å²) in [6.07, 6.45) is 3.51. The normalized spacial score (nSPS) is 24.6. The first-order valence-corrected chi connectivity index (χ1v) is 13.0. The van der Waals surface area contributed by atoms with Crippen molar-refractivity contribution in [1.82, 2.24) is 10.1 Å². The summed E-state index contributed by atoms with van der Waals surface area (Å²) in [5.74, 6) is -0.761. The zero-order valence-corrected chi connectivity index (χ0v) is 17.6. The number of hydrogen-bond acceptors (Lipinski definition) is 7. The van der Waals surface area contributed by atoms with Crippen molar-refractivity contribution in [3.8, 4) is 0 Å². The number of piperidine rings is 1. The third-order valence-electron chi connectivity index (χ3n) is 5.38. The molecule has 28 heavy (non-hydrogen) atoms. The van der Waals surface area contributed by atoms with Crippen molar-refractivity contribution in [2.45, 2.75) is 49.5 Å². The summed E-state index contributed by atoms with van der Waals surface area (Å²) >= 11 is 0. The van der Waals surface area contributed by atoms with Crippen LogP contribution in [0, 0.1) is 6.92 Å². The van der Waals surface area contributed by atoms with E-state index in [1.54, 1.807) is 11.8 Å². The molecule has 0 aromatic carbocycles. The quantitative estimate of drug-likeness (QED) is 0.700. The average Bonchev–Trinajstić information content (AvgIpc) is 3.20. The molecular formula is C17H25N3O6S2. The average molecular weight is 432 g/mol. The van der Waals surface area contributed by atoms with Crippen molar-refractivity contribution < 1.29 is 26.7 Å². The molecule has 9 nitrogen and oxygen atoms in total. The zero-order chi connectivity index (χ0) is 20.5. The summed E-state index contributed by atoms with van der Waals surface area (Å²) in [6.45, 7) is 2.44. The Kier molecular flexibility index (Phi) is 5.95. The van der Waals surface area contributed by atoms with Crippen molar-refractivity contribution in [1.29, 1.82) is 0 Å². The van der Waals surface area contributed by atoms with E-state index < -0.39 is 30.7 Å². The minimum atomic E-state index is -3.15. The molecule has 0 saturated carbocycles. The second-order valence-corrected chi connectivity index (χ2v) is 12.5. The van der Waals surface area contributed by atoms with Gasteiger partial charge in [0.1, 0.15) is 0 Å². The van der Waals surface area contributed by atoms with Crippen LogP contribution >= 0.6 is 0 Å². The number of aromatic nitrogens is 1. The van der Waals surface area contributed by atoms with Gasteiger partial charge in [0, 0.05) is 37.1 Å². The number of amides is 2. The molecule has 1 aromatic heterocycles. The van der Waals surface area contributed by atoms with Crippen LogP contribution in [0.15, 0.2) is 15.0 Å². The van der Waals surface area contributed by atoms with Crippen LogP contribution < -0.4 is 0 Å². The first kappa shape index (κ1) is 21.0. The molecule has 156 valence electrons. The molecule has 0 radical (unpaired) electrons. The van der Waals surface area contributed by atoms with Crippen LogP contribution in [0.25, 0.3) is 0 Å². The van der Waals surface area contributed by atoms with Gasteiger partial charge in [-0.2, -0.15) is 4.36 Å². The number of aryl methyl sites for hydroxylation is 1. The maximum Gasteiger partial charge on any atom is 0.323 e. The highest BCUT2D eigenvalue weighted by Crippen LogP contribution is 2.25. The smallest absolute Gasteiger partial charge is 0.323 e. The number of nitrogens with zero attached hydrogens (tertiary/aromatic N) is 3. The Hall–Kier alpha value is -1.75. The Balaban J connectivity index is 1.59. The monoisotopic (exact) mass is 431 g/mol. The lowest BCUT2D eigenvalue weighted by molar-refractivity contribution is -0.132. The van der Waals surface area contributed by atoms with Gasteiger partial charge in [0.05, 0.1) is 26.4 Å². The van der Waals surface area contributed by atoms with Crippen LogP contribution in [0.2, 0.25) is 0 Å². The Morgan fingerprint density at radius 2 is 2.00 bits per heavy atom. The summed E-state index contributed by atoms with van der Waals surface area (Å²) in [7, 11) is -5.96. The van der Waals surface area contributed by atoms with Gasteiger partial charge in [-0.1, -0.05) is 5.16 Å². The van der Waals surface area contributed by atoms with Gasteiger partial charge in [0.25, 0.3) is 0 Å². The van der Waals surface area contributed by atoms with Crippen LogP contribution in [0.1, 0.15) is 48.4 Å². The molecule has 2 saturated heterocycles. The van der Waals surface area contributed by atoms with Crippen LogP contribution in [0.4, 0.5) is 0 Å². The lowest BCUT2D eigenvalue weighted by atomic mass is 10.1. The van der Waals surface area contributed by atoms with Crippen LogP contribution in [-0.2, 0) is 24.4 Å². The molecule has 0 N–H and O–H groups in total. The van der Waals surface area contributed by atoms with Crippen molar-refractivity contribution in [2.24, 2.45) is 4.36 Å². The molecule has 3 rings (SSSR count). The van der Waals surface area contributed by atoms with Crippen molar-refractivity contribution in [3.63, 3.8) is 0 Å². The van der Waals surface area contributed by atoms with E-state index in [1.165, 1.54) is 12.3 Å². The largest absolute Gasteiger partial charge is 0.351 e. The molecular weight excluding hydrogens is 406 g/mol. The predicted molar refractivity (Wildman–Crippen MR) is 103 cm³/mol. The molecule has 1 aromatic rings. The zero-order valence-electron chi connectivity index (χ0n) is 16.0. The molecule has 3 heterocycles. The number of rotatable bonds is 4. The van der Waals surface area contributed by atoms with E-state index in [9.17, 15) is 22.2 Å². The lowest BCUT2D eigenvalue weighted by Crippen LogP contribution is -2.43. The molecule has 2 aliphatic rings. The van der Waals surface area contributed by atoms with Crippen LogP contribution in [0.5, 0.6) is 0 Å². The van der Waals surface area contributed by atoms with Gasteiger partial charge in [-0.15, -0.1) is 0 Å². The summed E-state index contributed by atoms with van der Waals surface area (Å²) in [5.41, 5.74) is 0.539. The summed E-state index contributed by atoms with van der Waals surface area (Å²) < 4.78 is 45.5. The standard InChI is InChI=1S/C17H25N3O6S2/c1-12-10-15(26-18-12)17(22)19-27(2,23)13-5-7-20(8-6-13)16(21)11-14-4-3-9-28(14,24)25/h10,13-14H,3-9,11H2,1-2H3. The SMILES string of the molecule is Cc1cc(C(=O)N=S(C)(=O)C2CCN(C(=O)CC3CCCS3(=O)=O)CC2)on1. The third-order valence-corrected chi connectivity index (χ3v) is 9.89. The van der Waals surface area contributed by atoms with E-state index in [2.05, 4.69) is 9.52 Å². The van der Waals surface area contributed by atoms with Crippen LogP contribution in [0.3, 0.4) is 0 Å². The van der Waals surface area contributed by atoms with Gasteiger partial charge >= 0.3 is 5.91 Å². The van der Waals surface area contributed by atoms with Crippen molar-refractivity contribution >= 4 is 31.4 Å². The number of carbonyl (C=O) groups is 2. The second kappa shape index (κ2) is 7.94. The molecule has 0 bridgehead atoms. The molecule has 0 spiro atoms. The first-order chi connectivity index (χ1) is 13.1. The van der Waals surface area contributed by atoms with Crippen LogP contribution in [-0.4, -0.2) is 70.1 Å². The van der Waals surface area contributed by atoms with E-state index in [0.717, 1.165) is 0 Å². The number of carbonyl (C=O) groups excluding carboxylic acids is 2. The summed E-state index contributed by atoms with van der Waals surface area (Å²) in [6, 6.07) is 1.44. The van der Waals surface area contributed by atoms with E-state index in [4.69, 9.17) is 4.52 Å². The molecule has 2 atom stereocenters. The molecule has 11 heteroatoms. The highest BCUT2D eigenvalue weighted by atomic mass is 32.2. The highest BCUT2D eigenvalue weighted by molar-refractivity contribution is 7.93. The van der Waals surface area contributed by atoms with Gasteiger partial charge in [-0.25, -0.2) is 12.6 Å². The molecule has 2 aliphatic heterocycles. The minimum absolute atomic E-state index is 0.0161. The maximum absolute atomic E-state index is 12.9. The number of sulfone groups is 1. The highest BCUT2D eigenvalue weighted by Gasteiger charge is 2.35. The Morgan fingerprint density at radius 1 is 1.32 bits per heavy atom. The molecule has 2 fully saturated rings. The topological polar surface area (TPSA) is 127 Å². The Bertz CT molecular complexity index is 982. The molecule has 2 unspecified atom stereocenters. The van der Waals surface area contributed by atoms with Gasteiger partial charge in [-0.05, 0) is 32.6 Å².